The van der Waals surface area contributed by atoms with Gasteiger partial charge in [0.05, 0.1) is 6.42 Å². The molecule has 94 valence electrons. The van der Waals surface area contributed by atoms with Crippen LogP contribution in [0.5, 0.6) is 0 Å². The molecule has 1 N–H and O–H groups in total. The third-order valence-corrected chi connectivity index (χ3v) is 2.45. The number of rotatable bonds is 3. The molecule has 1 aliphatic rings. The van der Waals surface area contributed by atoms with Crippen LogP contribution in [-0.4, -0.2) is 23.0 Å². The summed E-state index contributed by atoms with van der Waals surface area (Å²) in [6, 6.07) is 0. The van der Waals surface area contributed by atoms with E-state index in [1.165, 1.54) is 0 Å². The number of Topliss-reactive ketones (excluding diaryl/α,β-unsaturated/α-hetero) is 1. The van der Waals surface area contributed by atoms with E-state index in [1.54, 1.807) is 27.7 Å². The molecule has 17 heavy (non-hydrogen) atoms. The molecule has 0 atom stereocenters. The Morgan fingerprint density at radius 1 is 1.35 bits per heavy atom. The van der Waals surface area contributed by atoms with Crippen LogP contribution < -0.4 is 5.32 Å². The molecular weight excluding hydrogens is 218 g/mol. The Morgan fingerprint density at radius 2 is 1.94 bits per heavy atom. The lowest BCUT2D eigenvalue weighted by Gasteiger charge is -2.22. The Labute approximate surface area is 102 Å². The first-order valence-electron chi connectivity index (χ1n) is 5.73. The molecule has 1 amide bonds. The van der Waals surface area contributed by atoms with Crippen LogP contribution in [-0.2, 0) is 9.53 Å². The number of ketones is 1. The fourth-order valence-electron chi connectivity index (χ4n) is 1.44. The Bertz CT molecular complexity index is 378. The first-order chi connectivity index (χ1) is 7.79. The van der Waals surface area contributed by atoms with Gasteiger partial charge in [-0.15, -0.1) is 5.92 Å². The van der Waals surface area contributed by atoms with Crippen molar-refractivity contribution in [3.8, 4) is 11.8 Å². The number of hydrogen-bond donors (Lipinski definition) is 1. The maximum Gasteiger partial charge on any atom is 0.408 e. The molecule has 0 bridgehead atoms. The quantitative estimate of drug-likeness (QED) is 0.764. The number of carbonyl (C=O) groups is 2. The highest BCUT2D eigenvalue weighted by Gasteiger charge is 2.50. The first-order valence-corrected chi connectivity index (χ1v) is 5.73. The van der Waals surface area contributed by atoms with Crippen molar-refractivity contribution < 1.29 is 14.3 Å². The van der Waals surface area contributed by atoms with Crippen LogP contribution >= 0.6 is 0 Å². The van der Waals surface area contributed by atoms with Crippen LogP contribution in [0.15, 0.2) is 0 Å². The van der Waals surface area contributed by atoms with E-state index in [0.717, 1.165) is 0 Å². The van der Waals surface area contributed by atoms with Gasteiger partial charge in [0.2, 0.25) is 0 Å². The van der Waals surface area contributed by atoms with Gasteiger partial charge in [-0.25, -0.2) is 4.79 Å². The topological polar surface area (TPSA) is 55.4 Å². The SMILES string of the molecule is CC#CCC(=O)C1(NC(=O)OC(C)(C)C)CC1. The molecule has 1 fully saturated rings. The van der Waals surface area contributed by atoms with Gasteiger partial charge in [0.15, 0.2) is 5.78 Å². The van der Waals surface area contributed by atoms with Crippen molar-refractivity contribution in [2.45, 2.75) is 58.1 Å². The number of carbonyl (C=O) groups excluding carboxylic acids is 2. The Kier molecular flexibility index (Phi) is 3.82. The lowest BCUT2D eigenvalue weighted by molar-refractivity contribution is -0.121. The summed E-state index contributed by atoms with van der Waals surface area (Å²) in [5, 5.41) is 2.65. The van der Waals surface area contributed by atoms with Crippen molar-refractivity contribution >= 4 is 11.9 Å². The molecule has 0 heterocycles. The van der Waals surface area contributed by atoms with Gasteiger partial charge in [-0.2, -0.15) is 0 Å². The molecule has 0 saturated heterocycles. The minimum Gasteiger partial charge on any atom is -0.444 e. The van der Waals surface area contributed by atoms with Gasteiger partial charge >= 0.3 is 6.09 Å². The van der Waals surface area contributed by atoms with Crippen molar-refractivity contribution in [3.05, 3.63) is 0 Å². The smallest absolute Gasteiger partial charge is 0.408 e. The highest BCUT2D eigenvalue weighted by atomic mass is 16.6. The average Bonchev–Trinajstić information content (AvgIpc) is 2.91. The van der Waals surface area contributed by atoms with E-state index in [1.807, 2.05) is 0 Å². The summed E-state index contributed by atoms with van der Waals surface area (Å²) in [5.41, 5.74) is -1.27. The van der Waals surface area contributed by atoms with Crippen LogP contribution in [0.25, 0.3) is 0 Å². The van der Waals surface area contributed by atoms with Crippen LogP contribution in [0.2, 0.25) is 0 Å². The lowest BCUT2D eigenvalue weighted by Crippen LogP contribution is -2.45. The minimum atomic E-state index is -0.716. The van der Waals surface area contributed by atoms with E-state index in [4.69, 9.17) is 4.74 Å². The van der Waals surface area contributed by atoms with Gasteiger partial charge in [0.25, 0.3) is 0 Å². The molecule has 0 aliphatic heterocycles. The van der Waals surface area contributed by atoms with Crippen LogP contribution in [0, 0.1) is 11.8 Å². The normalized spacial score (nSPS) is 16.5. The fraction of sp³-hybridized carbons (Fsp3) is 0.692. The Morgan fingerprint density at radius 3 is 2.35 bits per heavy atom. The monoisotopic (exact) mass is 237 g/mol. The molecule has 1 rings (SSSR count). The molecule has 0 aromatic carbocycles. The summed E-state index contributed by atoms with van der Waals surface area (Å²) in [4.78, 5) is 23.4. The Balaban J connectivity index is 2.52. The molecule has 1 aliphatic carbocycles. The molecule has 0 radical (unpaired) electrons. The minimum absolute atomic E-state index is 0.0299. The highest BCUT2D eigenvalue weighted by molar-refractivity contribution is 5.95. The predicted octanol–water partition coefficient (Wildman–Crippen LogP) is 2.03. The van der Waals surface area contributed by atoms with E-state index in [2.05, 4.69) is 17.2 Å². The van der Waals surface area contributed by atoms with E-state index >= 15 is 0 Å². The molecule has 4 heteroatoms. The zero-order chi connectivity index (χ0) is 13.1. The summed E-state index contributed by atoms with van der Waals surface area (Å²) in [5.74, 6) is 5.37. The number of hydrogen-bond acceptors (Lipinski definition) is 3. The maximum atomic E-state index is 11.8. The van der Waals surface area contributed by atoms with Crippen LogP contribution in [0.3, 0.4) is 0 Å². The molecule has 0 unspecified atom stereocenters. The molecule has 0 aromatic heterocycles. The van der Waals surface area contributed by atoms with Gasteiger partial charge in [-0.3, -0.25) is 4.79 Å². The zero-order valence-electron chi connectivity index (χ0n) is 10.8. The number of ether oxygens (including phenoxy) is 1. The number of nitrogens with one attached hydrogen (secondary N) is 1. The summed E-state index contributed by atoms with van der Waals surface area (Å²) in [7, 11) is 0. The van der Waals surface area contributed by atoms with Crippen LogP contribution in [0.4, 0.5) is 4.79 Å². The molecular formula is C13H19NO3. The van der Waals surface area contributed by atoms with Crippen molar-refractivity contribution in [3.63, 3.8) is 0 Å². The lowest BCUT2D eigenvalue weighted by atomic mass is 10.1. The van der Waals surface area contributed by atoms with Gasteiger partial charge in [0.1, 0.15) is 11.1 Å². The average molecular weight is 237 g/mol. The van der Waals surface area contributed by atoms with E-state index in [0.29, 0.717) is 12.8 Å². The Hall–Kier alpha value is -1.50. The van der Waals surface area contributed by atoms with Crippen molar-refractivity contribution in [1.29, 1.82) is 0 Å². The van der Waals surface area contributed by atoms with E-state index < -0.39 is 17.2 Å². The summed E-state index contributed by atoms with van der Waals surface area (Å²) < 4.78 is 5.13. The number of amides is 1. The van der Waals surface area contributed by atoms with Gasteiger partial charge in [-0.05, 0) is 40.5 Å². The predicted molar refractivity (Wildman–Crippen MR) is 64.4 cm³/mol. The third kappa shape index (κ3) is 4.10. The summed E-state index contributed by atoms with van der Waals surface area (Å²) in [6.07, 6.45) is 1.01. The van der Waals surface area contributed by atoms with Gasteiger partial charge in [-0.1, -0.05) is 5.92 Å². The molecule has 4 nitrogen and oxygen atoms in total. The van der Waals surface area contributed by atoms with Crippen molar-refractivity contribution in [2.24, 2.45) is 0 Å². The van der Waals surface area contributed by atoms with Crippen LogP contribution in [0.1, 0.15) is 47.0 Å². The van der Waals surface area contributed by atoms with E-state index in [9.17, 15) is 9.59 Å². The maximum absolute atomic E-state index is 11.8. The summed E-state index contributed by atoms with van der Waals surface area (Å²) >= 11 is 0. The largest absolute Gasteiger partial charge is 0.444 e. The third-order valence-electron chi connectivity index (χ3n) is 2.45. The highest BCUT2D eigenvalue weighted by Crippen LogP contribution is 2.37. The fourth-order valence-corrected chi connectivity index (χ4v) is 1.44. The van der Waals surface area contributed by atoms with Crippen molar-refractivity contribution in [1.82, 2.24) is 5.32 Å². The zero-order valence-corrected chi connectivity index (χ0v) is 10.8. The molecule has 1 saturated carbocycles. The van der Waals surface area contributed by atoms with Crippen molar-refractivity contribution in [2.75, 3.05) is 0 Å². The second kappa shape index (κ2) is 4.79. The van der Waals surface area contributed by atoms with E-state index in [-0.39, 0.29) is 12.2 Å². The summed E-state index contributed by atoms with van der Waals surface area (Å²) in [6.45, 7) is 7.05. The van der Waals surface area contributed by atoms with Gasteiger partial charge < -0.3 is 10.1 Å². The molecule has 0 spiro atoms. The first kappa shape index (κ1) is 13.6. The second-order valence-corrected chi connectivity index (χ2v) is 5.24. The second-order valence-electron chi connectivity index (χ2n) is 5.24. The van der Waals surface area contributed by atoms with Gasteiger partial charge in [0, 0.05) is 0 Å². The molecule has 0 aromatic rings. The number of alkyl carbamates (subject to hydrolysis) is 1. The standard InChI is InChI=1S/C13H19NO3/c1-5-6-7-10(15)13(8-9-13)14-11(16)17-12(2,3)4/h7-9H2,1-4H3,(H,14,16).